The standard InChI is InChI=1S/C14H18N2O2/c1-10-8-9-16(15-10)11(2)14(17)12-4-6-13(18-3)7-5-12/h4-9,11,14,17H,1-3H3. The van der Waals surface area contributed by atoms with Crippen LogP contribution in [0.2, 0.25) is 0 Å². The molecule has 0 aliphatic heterocycles. The summed E-state index contributed by atoms with van der Waals surface area (Å²) in [5.74, 6) is 0.786. The molecule has 1 heterocycles. The van der Waals surface area contributed by atoms with Crippen LogP contribution >= 0.6 is 0 Å². The maximum Gasteiger partial charge on any atom is 0.118 e. The van der Waals surface area contributed by atoms with E-state index in [1.807, 2.05) is 50.4 Å². The second-order valence-corrected chi connectivity index (χ2v) is 4.40. The number of hydrogen-bond acceptors (Lipinski definition) is 3. The van der Waals surface area contributed by atoms with Gasteiger partial charge in [-0.2, -0.15) is 5.10 Å². The third kappa shape index (κ3) is 2.54. The van der Waals surface area contributed by atoms with Crippen molar-refractivity contribution in [2.24, 2.45) is 0 Å². The fraction of sp³-hybridized carbons (Fsp3) is 0.357. The van der Waals surface area contributed by atoms with Gasteiger partial charge >= 0.3 is 0 Å². The second kappa shape index (κ2) is 5.23. The molecule has 0 radical (unpaired) electrons. The molecule has 18 heavy (non-hydrogen) atoms. The molecule has 0 bridgehead atoms. The highest BCUT2D eigenvalue weighted by Gasteiger charge is 2.18. The topological polar surface area (TPSA) is 47.3 Å². The summed E-state index contributed by atoms with van der Waals surface area (Å²) in [5.41, 5.74) is 1.81. The lowest BCUT2D eigenvalue weighted by Gasteiger charge is -2.20. The molecule has 0 aliphatic rings. The minimum atomic E-state index is -0.588. The normalized spacial score (nSPS) is 14.2. The third-order valence-corrected chi connectivity index (χ3v) is 3.07. The summed E-state index contributed by atoms with van der Waals surface area (Å²) in [5, 5.41) is 14.6. The van der Waals surface area contributed by atoms with Crippen LogP contribution in [0, 0.1) is 6.92 Å². The first-order valence-electron chi connectivity index (χ1n) is 5.95. The molecule has 0 fully saturated rings. The van der Waals surface area contributed by atoms with Crippen LogP contribution in [-0.2, 0) is 0 Å². The van der Waals surface area contributed by atoms with Gasteiger partial charge in [0.05, 0.1) is 18.8 Å². The molecule has 0 saturated carbocycles. The number of aryl methyl sites for hydroxylation is 1. The number of hydrogen-bond donors (Lipinski definition) is 1. The Morgan fingerprint density at radius 1 is 1.22 bits per heavy atom. The molecular formula is C14H18N2O2. The van der Waals surface area contributed by atoms with Gasteiger partial charge in [-0.1, -0.05) is 12.1 Å². The lowest BCUT2D eigenvalue weighted by molar-refractivity contribution is 0.115. The van der Waals surface area contributed by atoms with E-state index in [0.717, 1.165) is 17.0 Å². The smallest absolute Gasteiger partial charge is 0.118 e. The van der Waals surface area contributed by atoms with E-state index >= 15 is 0 Å². The first kappa shape index (κ1) is 12.6. The molecule has 0 aliphatic carbocycles. The van der Waals surface area contributed by atoms with Crippen molar-refractivity contribution >= 4 is 0 Å². The van der Waals surface area contributed by atoms with Crippen molar-refractivity contribution in [3.8, 4) is 5.75 Å². The SMILES string of the molecule is COc1ccc(C(O)C(C)n2ccc(C)n2)cc1. The Morgan fingerprint density at radius 3 is 2.39 bits per heavy atom. The summed E-state index contributed by atoms with van der Waals surface area (Å²) in [4.78, 5) is 0. The number of nitrogens with zero attached hydrogens (tertiary/aromatic N) is 2. The monoisotopic (exact) mass is 246 g/mol. The van der Waals surface area contributed by atoms with Gasteiger partial charge in [-0.25, -0.2) is 0 Å². The quantitative estimate of drug-likeness (QED) is 0.901. The molecule has 1 N–H and O–H groups in total. The average Bonchev–Trinajstić information content (AvgIpc) is 2.84. The number of aliphatic hydroxyl groups is 1. The molecule has 2 rings (SSSR count). The van der Waals surface area contributed by atoms with E-state index in [4.69, 9.17) is 4.74 Å². The zero-order valence-electron chi connectivity index (χ0n) is 10.9. The summed E-state index contributed by atoms with van der Waals surface area (Å²) >= 11 is 0. The lowest BCUT2D eigenvalue weighted by atomic mass is 10.0. The Balaban J connectivity index is 2.16. The van der Waals surface area contributed by atoms with Gasteiger partial charge in [0.15, 0.2) is 0 Å². The van der Waals surface area contributed by atoms with E-state index in [2.05, 4.69) is 5.10 Å². The first-order valence-corrected chi connectivity index (χ1v) is 5.95. The van der Waals surface area contributed by atoms with Crippen molar-refractivity contribution in [2.75, 3.05) is 7.11 Å². The number of benzene rings is 1. The van der Waals surface area contributed by atoms with E-state index in [0.29, 0.717) is 0 Å². The second-order valence-electron chi connectivity index (χ2n) is 4.40. The zero-order chi connectivity index (χ0) is 13.1. The van der Waals surface area contributed by atoms with Crippen LogP contribution in [0.5, 0.6) is 5.75 Å². The van der Waals surface area contributed by atoms with Gasteiger partial charge < -0.3 is 9.84 Å². The van der Waals surface area contributed by atoms with Crippen LogP contribution in [0.4, 0.5) is 0 Å². The molecule has 2 aromatic rings. The molecule has 4 nitrogen and oxygen atoms in total. The van der Waals surface area contributed by atoms with Gasteiger partial charge in [0.2, 0.25) is 0 Å². The van der Waals surface area contributed by atoms with E-state index in [1.165, 1.54) is 0 Å². The van der Waals surface area contributed by atoms with E-state index in [9.17, 15) is 5.11 Å². The van der Waals surface area contributed by atoms with Crippen molar-refractivity contribution < 1.29 is 9.84 Å². The number of rotatable bonds is 4. The van der Waals surface area contributed by atoms with Crippen LogP contribution in [0.1, 0.15) is 30.3 Å². The van der Waals surface area contributed by atoms with Crippen molar-refractivity contribution in [1.29, 1.82) is 0 Å². The number of ether oxygens (including phenoxy) is 1. The van der Waals surface area contributed by atoms with Crippen molar-refractivity contribution in [3.05, 3.63) is 47.8 Å². The van der Waals surface area contributed by atoms with Crippen molar-refractivity contribution in [1.82, 2.24) is 9.78 Å². The minimum absolute atomic E-state index is 0.105. The van der Waals surface area contributed by atoms with Gasteiger partial charge in [0.1, 0.15) is 11.9 Å². The molecule has 4 heteroatoms. The molecule has 0 saturated heterocycles. The zero-order valence-corrected chi connectivity index (χ0v) is 10.9. The Morgan fingerprint density at radius 2 is 1.89 bits per heavy atom. The number of methoxy groups -OCH3 is 1. The number of aliphatic hydroxyl groups excluding tert-OH is 1. The molecule has 0 spiro atoms. The van der Waals surface area contributed by atoms with Gasteiger partial charge in [0.25, 0.3) is 0 Å². The molecule has 0 amide bonds. The predicted molar refractivity (Wildman–Crippen MR) is 69.6 cm³/mol. The van der Waals surface area contributed by atoms with E-state index < -0.39 is 6.10 Å². The lowest BCUT2D eigenvalue weighted by Crippen LogP contribution is -2.15. The van der Waals surface area contributed by atoms with Gasteiger partial charge in [0, 0.05) is 6.20 Å². The fourth-order valence-corrected chi connectivity index (χ4v) is 1.88. The predicted octanol–water partition coefficient (Wildman–Crippen LogP) is 2.49. The summed E-state index contributed by atoms with van der Waals surface area (Å²) in [7, 11) is 1.63. The highest BCUT2D eigenvalue weighted by molar-refractivity contribution is 5.28. The Kier molecular flexibility index (Phi) is 3.67. The van der Waals surface area contributed by atoms with Crippen LogP contribution in [0.3, 0.4) is 0 Å². The molecule has 2 atom stereocenters. The van der Waals surface area contributed by atoms with Crippen LogP contribution in [0.15, 0.2) is 36.5 Å². The minimum Gasteiger partial charge on any atom is -0.497 e. The average molecular weight is 246 g/mol. The van der Waals surface area contributed by atoms with Gasteiger partial charge in [-0.3, -0.25) is 4.68 Å². The maximum atomic E-state index is 10.3. The molecule has 2 unspecified atom stereocenters. The van der Waals surface area contributed by atoms with E-state index in [1.54, 1.807) is 11.8 Å². The summed E-state index contributed by atoms with van der Waals surface area (Å²) in [6.07, 6.45) is 1.29. The third-order valence-electron chi connectivity index (χ3n) is 3.07. The highest BCUT2D eigenvalue weighted by Crippen LogP contribution is 2.26. The molecular weight excluding hydrogens is 228 g/mol. The van der Waals surface area contributed by atoms with Crippen LogP contribution < -0.4 is 4.74 Å². The molecule has 96 valence electrons. The summed E-state index contributed by atoms with van der Waals surface area (Å²) in [6.45, 7) is 3.88. The fourth-order valence-electron chi connectivity index (χ4n) is 1.88. The summed E-state index contributed by atoms with van der Waals surface area (Å²) in [6, 6.07) is 9.26. The van der Waals surface area contributed by atoms with Gasteiger partial charge in [-0.15, -0.1) is 0 Å². The Labute approximate surface area is 107 Å². The summed E-state index contributed by atoms with van der Waals surface area (Å²) < 4.78 is 6.88. The maximum absolute atomic E-state index is 10.3. The van der Waals surface area contributed by atoms with Gasteiger partial charge in [-0.05, 0) is 37.6 Å². The Hall–Kier alpha value is -1.81. The van der Waals surface area contributed by atoms with Crippen molar-refractivity contribution in [3.63, 3.8) is 0 Å². The number of aromatic nitrogens is 2. The molecule has 1 aromatic carbocycles. The largest absolute Gasteiger partial charge is 0.497 e. The van der Waals surface area contributed by atoms with Crippen LogP contribution in [0.25, 0.3) is 0 Å². The van der Waals surface area contributed by atoms with E-state index in [-0.39, 0.29) is 6.04 Å². The first-order chi connectivity index (χ1) is 8.61. The highest BCUT2D eigenvalue weighted by atomic mass is 16.5. The Bertz CT molecular complexity index is 505. The van der Waals surface area contributed by atoms with Crippen molar-refractivity contribution in [2.45, 2.75) is 26.0 Å². The van der Waals surface area contributed by atoms with Crippen LogP contribution in [-0.4, -0.2) is 22.0 Å². The molecule has 1 aromatic heterocycles.